The van der Waals surface area contributed by atoms with Gasteiger partial charge >= 0.3 is 6.09 Å². The van der Waals surface area contributed by atoms with Crippen molar-refractivity contribution in [3.8, 4) is 0 Å². The fraction of sp³-hybridized carbons (Fsp3) is 0.467. The highest BCUT2D eigenvalue weighted by Gasteiger charge is 2.26. The number of ether oxygens (including phenoxy) is 1. The second-order valence-corrected chi connectivity index (χ2v) is 6.02. The minimum atomic E-state index is -0.476. The molecule has 2 N–H and O–H groups in total. The Kier molecular flexibility index (Phi) is 3.70. The summed E-state index contributed by atoms with van der Waals surface area (Å²) in [6, 6.07) is 1.94. The summed E-state index contributed by atoms with van der Waals surface area (Å²) in [5, 5.41) is 0. The van der Waals surface area contributed by atoms with Crippen LogP contribution in [0.1, 0.15) is 32.0 Å². The molecule has 0 aromatic carbocycles. The number of aromatic nitrogens is 1. The average molecular weight is 275 g/mol. The van der Waals surface area contributed by atoms with Crippen molar-refractivity contribution in [2.75, 3.05) is 18.8 Å². The van der Waals surface area contributed by atoms with Gasteiger partial charge in [0.25, 0.3) is 0 Å². The standard InChI is InChI=1S/C15H21N3O2/c1-10-7-13(17-8-12(10)16)11-5-6-18(9-11)14(19)20-15(2,3)4/h5,7-8H,6,9,16H2,1-4H3. The molecule has 108 valence electrons. The first-order valence-electron chi connectivity index (χ1n) is 6.66. The molecule has 0 unspecified atom stereocenters. The van der Waals surface area contributed by atoms with Gasteiger partial charge in [-0.2, -0.15) is 0 Å². The Bertz CT molecular complexity index is 559. The third-order valence-electron chi connectivity index (χ3n) is 3.05. The lowest BCUT2D eigenvalue weighted by atomic mass is 10.1. The largest absolute Gasteiger partial charge is 0.444 e. The number of pyridine rings is 1. The number of aryl methyl sites for hydroxylation is 1. The number of nitrogen functional groups attached to an aromatic ring is 1. The molecule has 0 fully saturated rings. The SMILES string of the molecule is Cc1cc(C2=CCN(C(=O)OC(C)(C)C)C2)ncc1N. The maximum absolute atomic E-state index is 12.0. The zero-order valence-corrected chi connectivity index (χ0v) is 12.4. The Balaban J connectivity index is 2.04. The fourth-order valence-electron chi connectivity index (χ4n) is 1.95. The van der Waals surface area contributed by atoms with Gasteiger partial charge in [0, 0.05) is 6.54 Å². The fourth-order valence-corrected chi connectivity index (χ4v) is 1.95. The van der Waals surface area contributed by atoms with E-state index in [9.17, 15) is 4.79 Å². The topological polar surface area (TPSA) is 68.5 Å². The van der Waals surface area contributed by atoms with E-state index < -0.39 is 5.60 Å². The molecule has 20 heavy (non-hydrogen) atoms. The zero-order chi connectivity index (χ0) is 14.9. The normalized spacial score (nSPS) is 15.2. The number of hydrogen-bond acceptors (Lipinski definition) is 4. The minimum Gasteiger partial charge on any atom is -0.444 e. The summed E-state index contributed by atoms with van der Waals surface area (Å²) in [7, 11) is 0. The van der Waals surface area contributed by atoms with Crippen LogP contribution in [0.5, 0.6) is 0 Å². The van der Waals surface area contributed by atoms with E-state index in [1.54, 1.807) is 11.1 Å². The smallest absolute Gasteiger partial charge is 0.410 e. The Morgan fingerprint density at radius 2 is 2.15 bits per heavy atom. The average Bonchev–Trinajstić information content (AvgIpc) is 2.80. The second kappa shape index (κ2) is 5.15. The van der Waals surface area contributed by atoms with Crippen molar-refractivity contribution in [1.82, 2.24) is 9.88 Å². The molecule has 2 rings (SSSR count). The minimum absolute atomic E-state index is 0.295. The van der Waals surface area contributed by atoms with Gasteiger partial charge in [0.15, 0.2) is 0 Å². The number of nitrogens with zero attached hydrogens (tertiary/aromatic N) is 2. The van der Waals surface area contributed by atoms with E-state index in [1.165, 1.54) is 0 Å². The lowest BCUT2D eigenvalue weighted by Gasteiger charge is -2.24. The van der Waals surface area contributed by atoms with Crippen molar-refractivity contribution in [2.24, 2.45) is 0 Å². The van der Waals surface area contributed by atoms with Gasteiger partial charge in [0.1, 0.15) is 5.60 Å². The Hall–Kier alpha value is -2.04. The monoisotopic (exact) mass is 275 g/mol. The third kappa shape index (κ3) is 3.29. The van der Waals surface area contributed by atoms with Gasteiger partial charge < -0.3 is 15.4 Å². The van der Waals surface area contributed by atoms with E-state index in [-0.39, 0.29) is 6.09 Å². The van der Waals surface area contributed by atoms with Gasteiger partial charge in [-0.3, -0.25) is 4.98 Å². The quantitative estimate of drug-likeness (QED) is 0.855. The zero-order valence-electron chi connectivity index (χ0n) is 12.4. The molecule has 2 heterocycles. The molecule has 1 aromatic rings. The van der Waals surface area contributed by atoms with E-state index in [4.69, 9.17) is 10.5 Å². The maximum Gasteiger partial charge on any atom is 0.410 e. The first-order chi connectivity index (χ1) is 9.26. The molecule has 1 aliphatic rings. The van der Waals surface area contributed by atoms with Crippen LogP contribution in [-0.2, 0) is 4.74 Å². The van der Waals surface area contributed by atoms with E-state index in [0.29, 0.717) is 18.8 Å². The lowest BCUT2D eigenvalue weighted by molar-refractivity contribution is 0.0306. The van der Waals surface area contributed by atoms with Gasteiger partial charge in [0.2, 0.25) is 0 Å². The molecule has 0 saturated heterocycles. The van der Waals surface area contributed by atoms with Crippen molar-refractivity contribution < 1.29 is 9.53 Å². The summed E-state index contributed by atoms with van der Waals surface area (Å²) in [6.45, 7) is 8.60. The molecule has 1 aromatic heterocycles. The molecule has 0 saturated carbocycles. The van der Waals surface area contributed by atoms with Crippen molar-refractivity contribution in [3.63, 3.8) is 0 Å². The molecule has 0 radical (unpaired) electrons. The molecular weight excluding hydrogens is 254 g/mol. The summed E-state index contributed by atoms with van der Waals surface area (Å²) in [6.07, 6.45) is 3.36. The van der Waals surface area contributed by atoms with Crippen molar-refractivity contribution >= 4 is 17.4 Å². The third-order valence-corrected chi connectivity index (χ3v) is 3.05. The number of nitrogens with two attached hydrogens (primary N) is 1. The van der Waals surface area contributed by atoms with Gasteiger partial charge in [-0.1, -0.05) is 6.08 Å². The Morgan fingerprint density at radius 3 is 2.75 bits per heavy atom. The number of carbonyl (C=O) groups excluding carboxylic acids is 1. The number of hydrogen-bond donors (Lipinski definition) is 1. The summed E-state index contributed by atoms with van der Waals surface area (Å²) >= 11 is 0. The highest BCUT2D eigenvalue weighted by molar-refractivity contribution is 5.77. The van der Waals surface area contributed by atoms with Crippen molar-refractivity contribution in [1.29, 1.82) is 0 Å². The molecule has 1 aliphatic heterocycles. The van der Waals surface area contributed by atoms with Gasteiger partial charge in [-0.15, -0.1) is 0 Å². The number of amides is 1. The van der Waals surface area contributed by atoms with E-state index in [2.05, 4.69) is 4.98 Å². The number of carbonyl (C=O) groups is 1. The first-order valence-corrected chi connectivity index (χ1v) is 6.66. The Labute approximate surface area is 119 Å². The van der Waals surface area contributed by atoms with Crippen LogP contribution in [0.15, 0.2) is 18.3 Å². The maximum atomic E-state index is 12.0. The van der Waals surface area contributed by atoms with Crippen LogP contribution >= 0.6 is 0 Å². The van der Waals surface area contributed by atoms with Gasteiger partial charge in [0.05, 0.1) is 24.1 Å². The molecular formula is C15H21N3O2. The first kappa shape index (κ1) is 14.4. The van der Waals surface area contributed by atoms with Crippen molar-refractivity contribution in [3.05, 3.63) is 29.6 Å². The predicted octanol–water partition coefficient (Wildman–Crippen LogP) is 2.61. The van der Waals surface area contributed by atoms with Gasteiger partial charge in [-0.05, 0) is 44.9 Å². The molecule has 1 amide bonds. The summed E-state index contributed by atoms with van der Waals surface area (Å²) < 4.78 is 5.36. The number of rotatable bonds is 1. The molecule has 0 aliphatic carbocycles. The van der Waals surface area contributed by atoms with Crippen LogP contribution in [0.3, 0.4) is 0 Å². The molecule has 0 spiro atoms. The van der Waals surface area contributed by atoms with Gasteiger partial charge in [-0.25, -0.2) is 4.79 Å². The van der Waals surface area contributed by atoms with Crippen LogP contribution < -0.4 is 5.73 Å². The molecule has 5 nitrogen and oxygen atoms in total. The van der Waals surface area contributed by atoms with E-state index >= 15 is 0 Å². The Morgan fingerprint density at radius 1 is 1.45 bits per heavy atom. The molecule has 0 atom stereocenters. The summed E-state index contributed by atoms with van der Waals surface area (Å²) in [4.78, 5) is 18.0. The van der Waals surface area contributed by atoms with Crippen LogP contribution in [0.4, 0.5) is 10.5 Å². The van der Waals surface area contributed by atoms with Crippen LogP contribution in [-0.4, -0.2) is 34.7 Å². The highest BCUT2D eigenvalue weighted by atomic mass is 16.6. The number of anilines is 1. The van der Waals surface area contributed by atoms with Crippen molar-refractivity contribution in [2.45, 2.75) is 33.3 Å². The van der Waals surface area contributed by atoms with E-state index in [1.807, 2.05) is 39.8 Å². The lowest BCUT2D eigenvalue weighted by Crippen LogP contribution is -2.35. The summed E-state index contributed by atoms with van der Waals surface area (Å²) in [5.41, 5.74) is 8.85. The van der Waals surface area contributed by atoms with Crippen LogP contribution in [0, 0.1) is 6.92 Å². The van der Waals surface area contributed by atoms with E-state index in [0.717, 1.165) is 16.8 Å². The molecule has 0 bridgehead atoms. The summed E-state index contributed by atoms with van der Waals surface area (Å²) in [5.74, 6) is 0. The second-order valence-electron chi connectivity index (χ2n) is 6.02. The highest BCUT2D eigenvalue weighted by Crippen LogP contribution is 2.23. The molecule has 5 heteroatoms. The predicted molar refractivity (Wildman–Crippen MR) is 79.2 cm³/mol. The van der Waals surface area contributed by atoms with Crippen LogP contribution in [0.25, 0.3) is 5.57 Å². The van der Waals surface area contributed by atoms with Crippen LogP contribution in [0.2, 0.25) is 0 Å².